The Hall–Kier alpha value is -2.17. The second-order valence-electron chi connectivity index (χ2n) is 5.44. The Kier molecular flexibility index (Phi) is 3.64. The Balaban J connectivity index is 2.00. The summed E-state index contributed by atoms with van der Waals surface area (Å²) < 4.78 is 0. The van der Waals surface area contributed by atoms with Gasteiger partial charge in [0.1, 0.15) is 0 Å². The molecular weight excluding hydrogens is 240 g/mol. The first kappa shape index (κ1) is 13.3. The van der Waals surface area contributed by atoms with Gasteiger partial charge in [-0.25, -0.2) is 4.79 Å². The molecule has 0 aliphatic rings. The Bertz CT molecular complexity index is 589. The summed E-state index contributed by atoms with van der Waals surface area (Å²) in [6, 6.07) is 5.60. The number of benzene rings is 1. The zero-order chi connectivity index (χ0) is 13.9. The average molecular weight is 258 g/mol. The lowest BCUT2D eigenvalue weighted by atomic mass is 10.1. The van der Waals surface area contributed by atoms with Crippen molar-refractivity contribution in [2.75, 3.05) is 0 Å². The molecule has 1 aromatic heterocycles. The summed E-state index contributed by atoms with van der Waals surface area (Å²) in [5.41, 5.74) is 2.44. The van der Waals surface area contributed by atoms with E-state index in [0.29, 0.717) is 6.54 Å². The van der Waals surface area contributed by atoms with Crippen molar-refractivity contribution in [3.63, 3.8) is 0 Å². The summed E-state index contributed by atoms with van der Waals surface area (Å²) in [6.45, 7) is 6.29. The molecule has 1 aromatic carbocycles. The monoisotopic (exact) mass is 258 g/mol. The maximum atomic E-state index is 11.6. The van der Waals surface area contributed by atoms with E-state index in [1.54, 1.807) is 12.4 Å². The van der Waals surface area contributed by atoms with Crippen molar-refractivity contribution in [1.82, 2.24) is 20.6 Å². The van der Waals surface area contributed by atoms with E-state index < -0.39 is 0 Å². The van der Waals surface area contributed by atoms with E-state index in [1.165, 1.54) is 0 Å². The van der Waals surface area contributed by atoms with E-state index in [-0.39, 0.29) is 11.6 Å². The highest BCUT2D eigenvalue weighted by Gasteiger charge is 2.12. The fourth-order valence-electron chi connectivity index (χ4n) is 1.69. The first-order chi connectivity index (χ1) is 8.94. The molecule has 0 unspecified atom stereocenters. The summed E-state index contributed by atoms with van der Waals surface area (Å²) in [5.74, 6) is 0. The number of fused-ring (bicyclic) bond motifs is 1. The van der Waals surface area contributed by atoms with Crippen molar-refractivity contribution in [2.45, 2.75) is 32.9 Å². The second-order valence-corrected chi connectivity index (χ2v) is 5.44. The molecule has 5 heteroatoms. The Labute approximate surface area is 112 Å². The van der Waals surface area contributed by atoms with Crippen LogP contribution in [0.2, 0.25) is 0 Å². The lowest BCUT2D eigenvalue weighted by Crippen LogP contribution is -2.46. The zero-order valence-electron chi connectivity index (χ0n) is 11.4. The van der Waals surface area contributed by atoms with Crippen molar-refractivity contribution >= 4 is 17.1 Å². The molecule has 0 atom stereocenters. The van der Waals surface area contributed by atoms with Crippen molar-refractivity contribution < 1.29 is 4.79 Å². The lowest BCUT2D eigenvalue weighted by Gasteiger charge is -2.20. The van der Waals surface area contributed by atoms with Gasteiger partial charge in [0.2, 0.25) is 0 Å². The quantitative estimate of drug-likeness (QED) is 0.868. The first-order valence-corrected chi connectivity index (χ1v) is 6.20. The van der Waals surface area contributed by atoms with Crippen LogP contribution in [0.3, 0.4) is 0 Å². The molecule has 0 radical (unpaired) electrons. The number of carbonyl (C=O) groups is 1. The van der Waals surface area contributed by atoms with E-state index in [4.69, 9.17) is 0 Å². The van der Waals surface area contributed by atoms with Crippen molar-refractivity contribution in [2.24, 2.45) is 0 Å². The minimum Gasteiger partial charge on any atom is -0.334 e. The summed E-state index contributed by atoms with van der Waals surface area (Å²) in [4.78, 5) is 20.1. The second kappa shape index (κ2) is 5.22. The largest absolute Gasteiger partial charge is 0.334 e. The Morgan fingerprint density at radius 1 is 1.16 bits per heavy atom. The molecule has 0 fully saturated rings. The van der Waals surface area contributed by atoms with E-state index in [9.17, 15) is 4.79 Å². The van der Waals surface area contributed by atoms with Gasteiger partial charge in [-0.05, 0) is 38.5 Å². The van der Waals surface area contributed by atoms with E-state index in [0.717, 1.165) is 16.6 Å². The molecule has 0 aliphatic carbocycles. The number of amides is 2. The van der Waals surface area contributed by atoms with Crippen LogP contribution in [0.15, 0.2) is 30.6 Å². The summed E-state index contributed by atoms with van der Waals surface area (Å²) in [5, 5.41) is 5.67. The molecule has 1 heterocycles. The lowest BCUT2D eigenvalue weighted by molar-refractivity contribution is 0.231. The molecule has 0 saturated heterocycles. The van der Waals surface area contributed by atoms with Crippen LogP contribution in [-0.4, -0.2) is 21.5 Å². The van der Waals surface area contributed by atoms with Crippen LogP contribution in [0.4, 0.5) is 4.79 Å². The van der Waals surface area contributed by atoms with E-state index in [2.05, 4.69) is 20.6 Å². The molecule has 0 saturated carbocycles. The third-order valence-electron chi connectivity index (χ3n) is 2.48. The van der Waals surface area contributed by atoms with Crippen molar-refractivity contribution in [1.29, 1.82) is 0 Å². The molecule has 2 rings (SSSR count). The van der Waals surface area contributed by atoms with E-state index >= 15 is 0 Å². The number of nitrogens with zero attached hydrogens (tertiary/aromatic N) is 2. The van der Waals surface area contributed by atoms with Crippen molar-refractivity contribution in [3.05, 3.63) is 36.2 Å². The number of urea groups is 1. The van der Waals surface area contributed by atoms with Crippen LogP contribution in [0, 0.1) is 0 Å². The van der Waals surface area contributed by atoms with Gasteiger partial charge < -0.3 is 10.6 Å². The minimum atomic E-state index is -0.237. The van der Waals surface area contributed by atoms with Gasteiger partial charge in [0, 0.05) is 24.5 Å². The molecule has 0 bridgehead atoms. The maximum Gasteiger partial charge on any atom is 0.315 e. The fraction of sp³-hybridized carbons (Fsp3) is 0.357. The highest BCUT2D eigenvalue weighted by atomic mass is 16.2. The molecule has 2 aromatic rings. The number of aromatic nitrogens is 2. The average Bonchev–Trinajstić information content (AvgIpc) is 2.34. The van der Waals surface area contributed by atoms with Crippen LogP contribution in [0.25, 0.3) is 11.0 Å². The van der Waals surface area contributed by atoms with Gasteiger partial charge in [-0.15, -0.1) is 0 Å². The summed E-state index contributed by atoms with van der Waals surface area (Å²) in [7, 11) is 0. The third kappa shape index (κ3) is 3.91. The SMILES string of the molecule is CC(C)(C)NC(=O)NCc1ccc2nccnc2c1. The molecule has 5 nitrogen and oxygen atoms in total. The van der Waals surface area contributed by atoms with Crippen LogP contribution >= 0.6 is 0 Å². The minimum absolute atomic E-state index is 0.174. The molecule has 19 heavy (non-hydrogen) atoms. The van der Waals surface area contributed by atoms with Gasteiger partial charge >= 0.3 is 6.03 Å². The smallest absolute Gasteiger partial charge is 0.315 e. The number of rotatable bonds is 2. The Morgan fingerprint density at radius 3 is 2.53 bits per heavy atom. The number of carbonyl (C=O) groups excluding carboxylic acids is 1. The van der Waals surface area contributed by atoms with Gasteiger partial charge in [-0.2, -0.15) is 0 Å². The molecule has 2 amide bonds. The van der Waals surface area contributed by atoms with Crippen LogP contribution < -0.4 is 10.6 Å². The standard InChI is InChI=1S/C14H18N4O/c1-14(2,3)18-13(19)17-9-10-4-5-11-12(8-10)16-7-6-15-11/h4-8H,9H2,1-3H3,(H2,17,18,19). The highest BCUT2D eigenvalue weighted by Crippen LogP contribution is 2.10. The van der Waals surface area contributed by atoms with Crippen LogP contribution in [0.1, 0.15) is 26.3 Å². The molecule has 0 aliphatic heterocycles. The van der Waals surface area contributed by atoms with Gasteiger partial charge in [0.05, 0.1) is 11.0 Å². The van der Waals surface area contributed by atoms with Gasteiger partial charge in [-0.1, -0.05) is 6.07 Å². The van der Waals surface area contributed by atoms with Crippen LogP contribution in [-0.2, 0) is 6.54 Å². The predicted molar refractivity (Wildman–Crippen MR) is 74.7 cm³/mol. The Morgan fingerprint density at radius 2 is 1.84 bits per heavy atom. The third-order valence-corrected chi connectivity index (χ3v) is 2.48. The maximum absolute atomic E-state index is 11.6. The highest BCUT2D eigenvalue weighted by molar-refractivity contribution is 5.76. The molecular formula is C14H18N4O. The van der Waals surface area contributed by atoms with Gasteiger partial charge in [0.15, 0.2) is 0 Å². The topological polar surface area (TPSA) is 66.9 Å². The molecule has 100 valence electrons. The number of hydrogen-bond donors (Lipinski definition) is 2. The van der Waals surface area contributed by atoms with Gasteiger partial charge in [-0.3, -0.25) is 9.97 Å². The van der Waals surface area contributed by atoms with Crippen LogP contribution in [0.5, 0.6) is 0 Å². The fourth-order valence-corrected chi connectivity index (χ4v) is 1.69. The summed E-state index contributed by atoms with van der Waals surface area (Å²) >= 11 is 0. The van der Waals surface area contributed by atoms with E-state index in [1.807, 2.05) is 39.0 Å². The molecule has 2 N–H and O–H groups in total. The number of hydrogen-bond acceptors (Lipinski definition) is 3. The number of nitrogens with one attached hydrogen (secondary N) is 2. The predicted octanol–water partition coefficient (Wildman–Crippen LogP) is 2.23. The first-order valence-electron chi connectivity index (χ1n) is 6.20. The zero-order valence-corrected chi connectivity index (χ0v) is 11.4. The summed E-state index contributed by atoms with van der Waals surface area (Å²) in [6.07, 6.45) is 3.32. The molecule has 0 spiro atoms. The van der Waals surface area contributed by atoms with Crippen molar-refractivity contribution in [3.8, 4) is 0 Å². The van der Waals surface area contributed by atoms with Gasteiger partial charge in [0.25, 0.3) is 0 Å². The normalized spacial score (nSPS) is 11.3.